The van der Waals surface area contributed by atoms with Crippen molar-refractivity contribution in [2.45, 2.75) is 6.42 Å². The van der Waals surface area contributed by atoms with Gasteiger partial charge in [0.25, 0.3) is 0 Å². The van der Waals surface area contributed by atoms with Gasteiger partial charge in [-0.25, -0.2) is 9.37 Å². The molecule has 1 aromatic carbocycles. The normalized spacial score (nSPS) is 10.6. The number of hydrogen-bond acceptors (Lipinski definition) is 2. The summed E-state index contributed by atoms with van der Waals surface area (Å²) in [5.74, 6) is 0.694. The molecule has 3 aromatic rings. The van der Waals surface area contributed by atoms with Crippen molar-refractivity contribution in [1.82, 2.24) is 14.5 Å². The molecule has 0 aliphatic rings. The lowest BCUT2D eigenvalue weighted by Gasteiger charge is -2.07. The largest absolute Gasteiger partial charge is 0.303 e. The summed E-state index contributed by atoms with van der Waals surface area (Å²) >= 11 is 0. The van der Waals surface area contributed by atoms with Gasteiger partial charge in [-0.3, -0.25) is 4.98 Å². The SMILES string of the molecule is Fc1ccc(Cc2nccn2-c2ccncc2)cc1. The summed E-state index contributed by atoms with van der Waals surface area (Å²) in [5.41, 5.74) is 2.05. The Morgan fingerprint density at radius 1 is 0.947 bits per heavy atom. The van der Waals surface area contributed by atoms with Crippen LogP contribution in [0.3, 0.4) is 0 Å². The molecule has 0 fully saturated rings. The molecule has 19 heavy (non-hydrogen) atoms. The van der Waals surface area contributed by atoms with Crippen LogP contribution in [0.1, 0.15) is 11.4 Å². The second-order valence-corrected chi connectivity index (χ2v) is 4.22. The molecule has 0 atom stereocenters. The smallest absolute Gasteiger partial charge is 0.123 e. The lowest BCUT2D eigenvalue weighted by atomic mass is 10.1. The van der Waals surface area contributed by atoms with Crippen molar-refractivity contribution in [3.63, 3.8) is 0 Å². The van der Waals surface area contributed by atoms with Crippen LogP contribution in [0.2, 0.25) is 0 Å². The molecular weight excluding hydrogens is 241 g/mol. The molecule has 0 aliphatic carbocycles. The molecule has 0 saturated carbocycles. The minimum absolute atomic E-state index is 0.221. The Kier molecular flexibility index (Phi) is 3.06. The molecule has 0 radical (unpaired) electrons. The minimum Gasteiger partial charge on any atom is -0.303 e. The van der Waals surface area contributed by atoms with Gasteiger partial charge in [-0.2, -0.15) is 0 Å². The monoisotopic (exact) mass is 253 g/mol. The number of rotatable bonds is 3. The molecule has 0 N–H and O–H groups in total. The minimum atomic E-state index is -0.221. The molecule has 0 amide bonds. The molecule has 94 valence electrons. The molecule has 3 nitrogen and oxygen atoms in total. The molecule has 3 rings (SSSR count). The lowest BCUT2D eigenvalue weighted by molar-refractivity contribution is 0.627. The van der Waals surface area contributed by atoms with Crippen LogP contribution in [0.25, 0.3) is 5.69 Å². The predicted molar refractivity (Wildman–Crippen MR) is 70.6 cm³/mol. The molecule has 0 bridgehead atoms. The number of halogens is 1. The van der Waals surface area contributed by atoms with Crippen LogP contribution >= 0.6 is 0 Å². The lowest BCUT2D eigenvalue weighted by Crippen LogP contribution is -2.01. The number of hydrogen-bond donors (Lipinski definition) is 0. The average molecular weight is 253 g/mol. The van der Waals surface area contributed by atoms with Crippen molar-refractivity contribution in [2.24, 2.45) is 0 Å². The Hall–Kier alpha value is -2.49. The van der Waals surface area contributed by atoms with Gasteiger partial charge in [0.15, 0.2) is 0 Å². The first-order valence-electron chi connectivity index (χ1n) is 6.00. The zero-order valence-corrected chi connectivity index (χ0v) is 10.2. The molecule has 4 heteroatoms. The van der Waals surface area contributed by atoms with Crippen LogP contribution in [0.5, 0.6) is 0 Å². The van der Waals surface area contributed by atoms with Gasteiger partial charge in [-0.1, -0.05) is 12.1 Å². The predicted octanol–water partition coefficient (Wildman–Crippen LogP) is 3.00. The number of pyridine rings is 1. The van der Waals surface area contributed by atoms with Gasteiger partial charge in [0.2, 0.25) is 0 Å². The van der Waals surface area contributed by atoms with Gasteiger partial charge in [-0.05, 0) is 29.8 Å². The number of imidazole rings is 1. The van der Waals surface area contributed by atoms with Crippen LogP contribution in [0, 0.1) is 5.82 Å². The number of aromatic nitrogens is 3. The highest BCUT2D eigenvalue weighted by Gasteiger charge is 2.06. The van der Waals surface area contributed by atoms with E-state index in [1.54, 1.807) is 30.7 Å². The summed E-state index contributed by atoms with van der Waals surface area (Å²) in [6.07, 6.45) is 7.83. The van der Waals surface area contributed by atoms with Crippen molar-refractivity contribution < 1.29 is 4.39 Å². The van der Waals surface area contributed by atoms with E-state index in [1.807, 2.05) is 22.9 Å². The highest BCUT2D eigenvalue weighted by atomic mass is 19.1. The van der Waals surface area contributed by atoms with Crippen molar-refractivity contribution in [3.8, 4) is 5.69 Å². The van der Waals surface area contributed by atoms with Crippen LogP contribution in [0.15, 0.2) is 61.2 Å². The maximum atomic E-state index is 12.9. The van der Waals surface area contributed by atoms with E-state index in [-0.39, 0.29) is 5.82 Å². The van der Waals surface area contributed by atoms with E-state index in [0.717, 1.165) is 17.1 Å². The van der Waals surface area contributed by atoms with E-state index in [1.165, 1.54) is 12.1 Å². The second kappa shape index (κ2) is 5.02. The topological polar surface area (TPSA) is 30.7 Å². The summed E-state index contributed by atoms with van der Waals surface area (Å²) < 4.78 is 14.9. The van der Waals surface area contributed by atoms with E-state index in [2.05, 4.69) is 9.97 Å². The zero-order chi connectivity index (χ0) is 13.1. The fourth-order valence-electron chi connectivity index (χ4n) is 1.99. The van der Waals surface area contributed by atoms with Gasteiger partial charge in [0.1, 0.15) is 11.6 Å². The molecule has 0 unspecified atom stereocenters. The summed E-state index contributed by atoms with van der Waals surface area (Å²) in [6, 6.07) is 10.3. The first kappa shape index (κ1) is 11.6. The summed E-state index contributed by atoms with van der Waals surface area (Å²) in [6.45, 7) is 0. The summed E-state index contributed by atoms with van der Waals surface area (Å²) in [4.78, 5) is 8.36. The van der Waals surface area contributed by atoms with E-state index in [4.69, 9.17) is 0 Å². The quantitative estimate of drug-likeness (QED) is 0.718. The van der Waals surface area contributed by atoms with Crippen molar-refractivity contribution >= 4 is 0 Å². The molecular formula is C15H12FN3. The number of nitrogens with zero attached hydrogens (tertiary/aromatic N) is 3. The van der Waals surface area contributed by atoms with Crippen LogP contribution in [0.4, 0.5) is 4.39 Å². The van der Waals surface area contributed by atoms with E-state index in [9.17, 15) is 4.39 Å². The van der Waals surface area contributed by atoms with Crippen molar-refractivity contribution in [2.75, 3.05) is 0 Å². The standard InChI is InChI=1S/C15H12FN3/c16-13-3-1-12(2-4-13)11-15-18-9-10-19(15)14-5-7-17-8-6-14/h1-10H,11H2. The third kappa shape index (κ3) is 2.52. The third-order valence-corrected chi connectivity index (χ3v) is 2.93. The first-order chi connectivity index (χ1) is 9.33. The summed E-state index contributed by atoms with van der Waals surface area (Å²) in [7, 11) is 0. The maximum Gasteiger partial charge on any atom is 0.123 e. The Morgan fingerprint density at radius 3 is 2.42 bits per heavy atom. The Bertz CT molecular complexity index is 659. The molecule has 2 aromatic heterocycles. The zero-order valence-electron chi connectivity index (χ0n) is 10.2. The van der Waals surface area contributed by atoms with E-state index >= 15 is 0 Å². The highest BCUT2D eigenvalue weighted by Crippen LogP contribution is 2.13. The fourth-order valence-corrected chi connectivity index (χ4v) is 1.99. The van der Waals surface area contributed by atoms with Gasteiger partial charge in [-0.15, -0.1) is 0 Å². The Labute approximate surface area is 110 Å². The Balaban J connectivity index is 1.91. The number of benzene rings is 1. The average Bonchev–Trinajstić information content (AvgIpc) is 2.90. The Morgan fingerprint density at radius 2 is 1.68 bits per heavy atom. The van der Waals surface area contributed by atoms with Crippen LogP contribution in [-0.2, 0) is 6.42 Å². The molecule has 0 aliphatic heterocycles. The molecule has 0 saturated heterocycles. The second-order valence-electron chi connectivity index (χ2n) is 4.22. The first-order valence-corrected chi connectivity index (χ1v) is 6.00. The van der Waals surface area contributed by atoms with Crippen molar-refractivity contribution in [1.29, 1.82) is 0 Å². The highest BCUT2D eigenvalue weighted by molar-refractivity contribution is 5.32. The van der Waals surface area contributed by atoms with Gasteiger partial charge < -0.3 is 4.57 Å². The summed E-state index contributed by atoms with van der Waals surface area (Å²) in [5, 5.41) is 0. The van der Waals surface area contributed by atoms with Gasteiger partial charge in [0, 0.05) is 36.9 Å². The van der Waals surface area contributed by atoms with Crippen molar-refractivity contribution in [3.05, 3.63) is 78.4 Å². The van der Waals surface area contributed by atoms with Crippen LogP contribution in [-0.4, -0.2) is 14.5 Å². The van der Waals surface area contributed by atoms with Gasteiger partial charge in [0.05, 0.1) is 0 Å². The fraction of sp³-hybridized carbons (Fsp3) is 0.0667. The van der Waals surface area contributed by atoms with E-state index < -0.39 is 0 Å². The molecule has 0 spiro atoms. The van der Waals surface area contributed by atoms with Crippen LogP contribution < -0.4 is 0 Å². The third-order valence-electron chi connectivity index (χ3n) is 2.93. The van der Waals surface area contributed by atoms with Gasteiger partial charge >= 0.3 is 0 Å². The maximum absolute atomic E-state index is 12.9. The van der Waals surface area contributed by atoms with E-state index in [0.29, 0.717) is 6.42 Å². The molecule has 2 heterocycles.